The van der Waals surface area contributed by atoms with Crippen LogP contribution in [0.15, 0.2) is 43.0 Å². The van der Waals surface area contributed by atoms with E-state index in [-0.39, 0.29) is 0 Å². The van der Waals surface area contributed by atoms with Crippen LogP contribution in [0.2, 0.25) is 0 Å². The number of benzene rings is 2. The largest absolute Gasteiger partial charge is 0.378 e. The lowest BCUT2D eigenvalue weighted by atomic mass is 10.1. The summed E-state index contributed by atoms with van der Waals surface area (Å²) in [6.45, 7) is 3.78. The van der Waals surface area contributed by atoms with Gasteiger partial charge in [0.1, 0.15) is 0 Å². The van der Waals surface area contributed by atoms with Crippen LogP contribution in [0.25, 0.3) is 16.8 Å². The van der Waals surface area contributed by atoms with Crippen LogP contribution in [0.3, 0.4) is 0 Å². The van der Waals surface area contributed by atoms with Crippen LogP contribution in [0.4, 0.5) is 5.69 Å². The molecule has 15 heavy (non-hydrogen) atoms. The van der Waals surface area contributed by atoms with Crippen molar-refractivity contribution >= 4 is 22.5 Å². The fraction of sp³-hybridized carbons (Fsp3) is 0.143. The molecule has 0 fully saturated rings. The molecule has 0 aliphatic carbocycles. The molecule has 0 bridgehead atoms. The minimum absolute atomic E-state index is 1.17. The first-order valence-corrected chi connectivity index (χ1v) is 5.04. The van der Waals surface area contributed by atoms with Gasteiger partial charge in [0.15, 0.2) is 0 Å². The Morgan fingerprint density at radius 1 is 1.00 bits per heavy atom. The molecule has 2 aromatic rings. The third-order valence-corrected chi connectivity index (χ3v) is 2.60. The molecule has 2 rings (SSSR count). The van der Waals surface area contributed by atoms with Crippen molar-refractivity contribution in [1.82, 2.24) is 0 Å². The van der Waals surface area contributed by atoms with Gasteiger partial charge in [0.25, 0.3) is 0 Å². The number of fused-ring (bicyclic) bond motifs is 1. The smallest absolute Gasteiger partial charge is 0.0367 e. The van der Waals surface area contributed by atoms with Crippen molar-refractivity contribution in [3.05, 3.63) is 48.5 Å². The van der Waals surface area contributed by atoms with E-state index in [4.69, 9.17) is 0 Å². The lowest BCUT2D eigenvalue weighted by Gasteiger charge is -2.13. The monoisotopic (exact) mass is 197 g/mol. The van der Waals surface area contributed by atoms with E-state index < -0.39 is 0 Å². The Morgan fingerprint density at radius 2 is 1.67 bits per heavy atom. The molecule has 2 aromatic carbocycles. The molecule has 0 amide bonds. The van der Waals surface area contributed by atoms with Crippen LogP contribution < -0.4 is 4.90 Å². The fourth-order valence-electron chi connectivity index (χ4n) is 1.66. The van der Waals surface area contributed by atoms with Crippen molar-refractivity contribution in [3.8, 4) is 0 Å². The van der Waals surface area contributed by atoms with Crippen molar-refractivity contribution in [1.29, 1.82) is 0 Å². The Bertz CT molecular complexity index is 498. The predicted octanol–water partition coefficient (Wildman–Crippen LogP) is 3.55. The first-order valence-electron chi connectivity index (χ1n) is 5.04. The fourth-order valence-corrected chi connectivity index (χ4v) is 1.66. The van der Waals surface area contributed by atoms with Crippen LogP contribution in [0, 0.1) is 0 Å². The lowest BCUT2D eigenvalue weighted by Crippen LogP contribution is -2.07. The third kappa shape index (κ3) is 1.86. The Morgan fingerprint density at radius 3 is 2.33 bits per heavy atom. The van der Waals surface area contributed by atoms with Gasteiger partial charge in [-0.1, -0.05) is 30.9 Å². The highest BCUT2D eigenvalue weighted by atomic mass is 15.1. The predicted molar refractivity (Wildman–Crippen MR) is 68.4 cm³/mol. The van der Waals surface area contributed by atoms with Crippen LogP contribution in [-0.2, 0) is 0 Å². The maximum atomic E-state index is 3.78. The second-order valence-electron chi connectivity index (χ2n) is 3.89. The molecule has 1 heteroatoms. The van der Waals surface area contributed by atoms with Gasteiger partial charge in [-0.25, -0.2) is 0 Å². The van der Waals surface area contributed by atoms with Gasteiger partial charge in [-0.05, 0) is 34.5 Å². The van der Waals surface area contributed by atoms with E-state index in [1.165, 1.54) is 22.0 Å². The first-order chi connectivity index (χ1) is 7.20. The van der Waals surface area contributed by atoms with E-state index >= 15 is 0 Å². The normalized spacial score (nSPS) is 10.3. The minimum Gasteiger partial charge on any atom is -0.378 e. The van der Waals surface area contributed by atoms with Crippen molar-refractivity contribution in [2.75, 3.05) is 19.0 Å². The van der Waals surface area contributed by atoms with Gasteiger partial charge in [0.2, 0.25) is 0 Å². The maximum Gasteiger partial charge on any atom is 0.0367 e. The zero-order valence-electron chi connectivity index (χ0n) is 9.20. The Hall–Kier alpha value is -1.76. The van der Waals surface area contributed by atoms with E-state index in [1.54, 1.807) is 0 Å². The molecule has 0 unspecified atom stereocenters. The average Bonchev–Trinajstić information content (AvgIpc) is 2.27. The summed E-state index contributed by atoms with van der Waals surface area (Å²) in [5.41, 5.74) is 2.40. The molecular formula is C14H15N. The van der Waals surface area contributed by atoms with Gasteiger partial charge in [0.05, 0.1) is 0 Å². The zero-order valence-corrected chi connectivity index (χ0v) is 9.20. The van der Waals surface area contributed by atoms with Crippen LogP contribution >= 0.6 is 0 Å². The maximum absolute atomic E-state index is 3.78. The molecule has 0 spiro atoms. The highest BCUT2D eigenvalue weighted by Crippen LogP contribution is 2.22. The summed E-state index contributed by atoms with van der Waals surface area (Å²) in [7, 11) is 4.11. The lowest BCUT2D eigenvalue weighted by molar-refractivity contribution is 1.14. The highest BCUT2D eigenvalue weighted by molar-refractivity contribution is 5.87. The van der Waals surface area contributed by atoms with Gasteiger partial charge >= 0.3 is 0 Å². The van der Waals surface area contributed by atoms with Crippen molar-refractivity contribution < 1.29 is 0 Å². The number of hydrogen-bond acceptors (Lipinski definition) is 1. The quantitative estimate of drug-likeness (QED) is 0.711. The van der Waals surface area contributed by atoms with E-state index in [0.29, 0.717) is 0 Å². The van der Waals surface area contributed by atoms with Gasteiger partial charge in [-0.3, -0.25) is 0 Å². The van der Waals surface area contributed by atoms with Crippen molar-refractivity contribution in [2.24, 2.45) is 0 Å². The van der Waals surface area contributed by atoms with Crippen molar-refractivity contribution in [3.63, 3.8) is 0 Å². The second kappa shape index (κ2) is 3.77. The molecule has 0 saturated heterocycles. The first kappa shape index (κ1) is 9.78. The molecule has 0 radical (unpaired) electrons. The number of anilines is 1. The summed E-state index contributed by atoms with van der Waals surface area (Å²) >= 11 is 0. The molecule has 0 aliphatic rings. The van der Waals surface area contributed by atoms with Gasteiger partial charge < -0.3 is 4.90 Å². The van der Waals surface area contributed by atoms with Gasteiger partial charge in [-0.15, -0.1) is 0 Å². The average molecular weight is 197 g/mol. The second-order valence-corrected chi connectivity index (χ2v) is 3.89. The zero-order chi connectivity index (χ0) is 10.8. The Balaban J connectivity index is 2.59. The Labute approximate surface area is 90.6 Å². The molecule has 0 aromatic heterocycles. The number of rotatable bonds is 2. The van der Waals surface area contributed by atoms with Crippen LogP contribution in [0.1, 0.15) is 5.56 Å². The summed E-state index contributed by atoms with van der Waals surface area (Å²) in [6, 6.07) is 12.9. The molecule has 76 valence electrons. The summed E-state index contributed by atoms with van der Waals surface area (Å²) in [6.07, 6.45) is 1.87. The minimum atomic E-state index is 1.17. The van der Waals surface area contributed by atoms with E-state index in [2.05, 4.69) is 62.0 Å². The molecule has 0 saturated carbocycles. The molecule has 0 N–H and O–H groups in total. The van der Waals surface area contributed by atoms with E-state index in [0.717, 1.165) is 0 Å². The topological polar surface area (TPSA) is 3.24 Å². The van der Waals surface area contributed by atoms with E-state index in [1.807, 2.05) is 6.08 Å². The number of hydrogen-bond donors (Lipinski definition) is 0. The van der Waals surface area contributed by atoms with Crippen molar-refractivity contribution in [2.45, 2.75) is 0 Å². The summed E-state index contributed by atoms with van der Waals surface area (Å²) in [4.78, 5) is 2.11. The summed E-state index contributed by atoms with van der Waals surface area (Å²) in [5.74, 6) is 0. The van der Waals surface area contributed by atoms with Crippen LogP contribution in [-0.4, -0.2) is 14.1 Å². The highest BCUT2D eigenvalue weighted by Gasteiger charge is 1.98. The summed E-state index contributed by atoms with van der Waals surface area (Å²) < 4.78 is 0. The SMILES string of the molecule is C=Cc1ccc2cc(N(C)C)ccc2c1. The van der Waals surface area contributed by atoms with E-state index in [9.17, 15) is 0 Å². The van der Waals surface area contributed by atoms with Gasteiger partial charge in [0, 0.05) is 19.8 Å². The molecule has 0 aliphatic heterocycles. The summed E-state index contributed by atoms with van der Waals surface area (Å²) in [5, 5.41) is 2.53. The third-order valence-electron chi connectivity index (χ3n) is 2.60. The Kier molecular flexibility index (Phi) is 2.46. The van der Waals surface area contributed by atoms with Gasteiger partial charge in [-0.2, -0.15) is 0 Å². The standard InChI is InChI=1S/C14H15N/c1-4-11-5-6-13-10-14(15(2)3)8-7-12(13)9-11/h4-10H,1H2,2-3H3. The molecule has 0 heterocycles. The molecule has 1 nitrogen and oxygen atoms in total. The molecule has 0 atom stereocenters. The molecular weight excluding hydrogens is 182 g/mol. The van der Waals surface area contributed by atoms with Crippen LogP contribution in [0.5, 0.6) is 0 Å². The number of nitrogens with zero attached hydrogens (tertiary/aromatic N) is 1.